The van der Waals surface area contributed by atoms with E-state index in [2.05, 4.69) is 5.32 Å². The highest BCUT2D eigenvalue weighted by molar-refractivity contribution is 7.80. The van der Waals surface area contributed by atoms with Crippen LogP contribution in [0, 0.1) is 0 Å². The topological polar surface area (TPSA) is 95.9 Å². The number of rotatable bonds is 6. The number of benzene rings is 2. The van der Waals surface area contributed by atoms with Crippen molar-refractivity contribution in [1.29, 1.82) is 0 Å². The van der Waals surface area contributed by atoms with E-state index in [1.165, 1.54) is 30.3 Å². The predicted molar refractivity (Wildman–Crippen MR) is 116 cm³/mol. The van der Waals surface area contributed by atoms with Gasteiger partial charge in [0.1, 0.15) is 11.3 Å². The average molecular weight is 424 g/mol. The second kappa shape index (κ2) is 8.87. The number of amides is 2. The molecule has 7 nitrogen and oxygen atoms in total. The zero-order chi connectivity index (χ0) is 21.8. The normalized spacial score (nSPS) is 16.4. The third kappa shape index (κ3) is 4.55. The van der Waals surface area contributed by atoms with Gasteiger partial charge in [0, 0.05) is 0 Å². The summed E-state index contributed by atoms with van der Waals surface area (Å²) in [6, 6.07) is 12.7. The molecule has 0 aromatic heterocycles. The van der Waals surface area contributed by atoms with Crippen molar-refractivity contribution in [2.75, 3.05) is 4.90 Å². The van der Waals surface area contributed by atoms with Gasteiger partial charge >= 0.3 is 5.97 Å². The van der Waals surface area contributed by atoms with Crippen molar-refractivity contribution in [3.8, 4) is 5.75 Å². The Kier molecular flexibility index (Phi) is 6.27. The Labute approximate surface area is 179 Å². The summed E-state index contributed by atoms with van der Waals surface area (Å²) in [5, 5.41) is 11.5. The van der Waals surface area contributed by atoms with Crippen LogP contribution in [0.4, 0.5) is 5.69 Å². The molecule has 1 atom stereocenters. The van der Waals surface area contributed by atoms with Gasteiger partial charge in [0.15, 0.2) is 5.11 Å². The van der Waals surface area contributed by atoms with Crippen molar-refractivity contribution in [2.45, 2.75) is 26.4 Å². The van der Waals surface area contributed by atoms with Gasteiger partial charge in [0.25, 0.3) is 11.8 Å². The van der Waals surface area contributed by atoms with Gasteiger partial charge in [-0.1, -0.05) is 19.1 Å². The van der Waals surface area contributed by atoms with Crippen LogP contribution in [-0.2, 0) is 9.59 Å². The van der Waals surface area contributed by atoms with E-state index >= 15 is 0 Å². The van der Waals surface area contributed by atoms with Gasteiger partial charge in [-0.05, 0) is 73.6 Å². The monoisotopic (exact) mass is 424 g/mol. The molecule has 30 heavy (non-hydrogen) atoms. The van der Waals surface area contributed by atoms with Gasteiger partial charge in [0.05, 0.1) is 17.4 Å². The van der Waals surface area contributed by atoms with Crippen molar-refractivity contribution in [1.82, 2.24) is 5.32 Å². The Morgan fingerprint density at radius 1 is 1.17 bits per heavy atom. The maximum atomic E-state index is 13.0. The number of nitrogens with one attached hydrogen (secondary N) is 1. The second-order valence-electron chi connectivity index (χ2n) is 6.72. The third-order valence-electron chi connectivity index (χ3n) is 4.58. The highest BCUT2D eigenvalue weighted by atomic mass is 32.1. The standard InChI is InChI=1S/C22H20N2O5S/c1-3-13(2)29-17-10-4-14(5-11-17)12-18-19(25)23-22(30)24(20(18)26)16-8-6-15(7-9-16)21(27)28/h4-13H,3H2,1-2H3,(H,27,28)(H,23,25,30)/b18-12+/t13-/m0/s1. The first-order valence-electron chi connectivity index (χ1n) is 9.31. The number of nitrogens with zero attached hydrogens (tertiary/aromatic N) is 1. The molecule has 0 saturated carbocycles. The number of hydrogen-bond donors (Lipinski definition) is 2. The van der Waals surface area contributed by atoms with E-state index in [4.69, 9.17) is 22.1 Å². The van der Waals surface area contributed by atoms with Gasteiger partial charge in [0.2, 0.25) is 0 Å². The highest BCUT2D eigenvalue weighted by Gasteiger charge is 2.34. The molecular weight excluding hydrogens is 404 g/mol. The number of hydrogen-bond acceptors (Lipinski definition) is 5. The molecule has 2 aromatic carbocycles. The third-order valence-corrected chi connectivity index (χ3v) is 4.86. The number of carbonyl (C=O) groups excluding carboxylic acids is 2. The number of thiocarbonyl (C=S) groups is 1. The molecule has 2 aromatic rings. The molecule has 0 unspecified atom stereocenters. The minimum atomic E-state index is -1.08. The van der Waals surface area contributed by atoms with Crippen molar-refractivity contribution < 1.29 is 24.2 Å². The number of carboxylic acid groups (broad SMARTS) is 1. The molecule has 2 N–H and O–H groups in total. The molecule has 0 bridgehead atoms. The number of aromatic carboxylic acids is 1. The minimum Gasteiger partial charge on any atom is -0.491 e. The zero-order valence-corrected chi connectivity index (χ0v) is 17.2. The van der Waals surface area contributed by atoms with Gasteiger partial charge < -0.3 is 9.84 Å². The molecule has 1 fully saturated rings. The van der Waals surface area contributed by atoms with Crippen LogP contribution in [0.2, 0.25) is 0 Å². The van der Waals surface area contributed by atoms with E-state index in [0.29, 0.717) is 17.0 Å². The molecule has 3 rings (SSSR count). The summed E-state index contributed by atoms with van der Waals surface area (Å²) in [6.07, 6.45) is 2.44. The van der Waals surface area contributed by atoms with Crippen LogP contribution in [0.15, 0.2) is 54.1 Å². The molecule has 0 radical (unpaired) electrons. The summed E-state index contributed by atoms with van der Waals surface area (Å²) in [4.78, 5) is 37.6. The van der Waals surface area contributed by atoms with Gasteiger partial charge in [-0.3, -0.25) is 19.8 Å². The smallest absolute Gasteiger partial charge is 0.335 e. The minimum absolute atomic E-state index is 0.0671. The van der Waals surface area contributed by atoms with Crippen LogP contribution in [0.1, 0.15) is 36.2 Å². The average Bonchev–Trinajstić information content (AvgIpc) is 2.72. The first-order valence-corrected chi connectivity index (χ1v) is 9.72. The maximum absolute atomic E-state index is 13.0. The maximum Gasteiger partial charge on any atom is 0.335 e. The number of anilines is 1. The lowest BCUT2D eigenvalue weighted by molar-refractivity contribution is -0.122. The van der Waals surface area contributed by atoms with Crippen LogP contribution >= 0.6 is 12.2 Å². The molecule has 1 aliphatic heterocycles. The first-order chi connectivity index (χ1) is 14.3. The molecule has 8 heteroatoms. The number of carboxylic acids is 1. The van der Waals surface area contributed by atoms with E-state index in [0.717, 1.165) is 11.3 Å². The number of ether oxygens (including phenoxy) is 1. The summed E-state index contributed by atoms with van der Waals surface area (Å²) in [6.45, 7) is 4.00. The Morgan fingerprint density at radius 3 is 2.37 bits per heavy atom. The lowest BCUT2D eigenvalue weighted by Gasteiger charge is -2.29. The van der Waals surface area contributed by atoms with E-state index in [9.17, 15) is 14.4 Å². The Morgan fingerprint density at radius 2 is 1.80 bits per heavy atom. The first kappa shape index (κ1) is 21.2. The molecule has 1 aliphatic rings. The molecule has 154 valence electrons. The number of carbonyl (C=O) groups is 3. The quantitative estimate of drug-likeness (QED) is 0.419. The highest BCUT2D eigenvalue weighted by Crippen LogP contribution is 2.23. The van der Waals surface area contributed by atoms with Crippen LogP contribution in [0.25, 0.3) is 6.08 Å². The molecule has 0 aliphatic carbocycles. The molecule has 1 saturated heterocycles. The van der Waals surface area contributed by atoms with Crippen molar-refractivity contribution in [2.24, 2.45) is 0 Å². The molecule has 1 heterocycles. The lowest BCUT2D eigenvalue weighted by atomic mass is 10.1. The Bertz CT molecular complexity index is 1030. The fourth-order valence-corrected chi connectivity index (χ4v) is 3.05. The fourth-order valence-electron chi connectivity index (χ4n) is 2.77. The summed E-state index contributed by atoms with van der Waals surface area (Å²) in [5.74, 6) is -1.56. The van der Waals surface area contributed by atoms with Crippen molar-refractivity contribution in [3.63, 3.8) is 0 Å². The Balaban J connectivity index is 1.87. The summed E-state index contributed by atoms with van der Waals surface area (Å²) < 4.78 is 5.73. The van der Waals surface area contributed by atoms with Crippen molar-refractivity contribution >= 4 is 46.9 Å². The van der Waals surface area contributed by atoms with E-state index in [1.54, 1.807) is 24.3 Å². The summed E-state index contributed by atoms with van der Waals surface area (Å²) in [5.41, 5.74) is 1.01. The summed E-state index contributed by atoms with van der Waals surface area (Å²) >= 11 is 5.15. The van der Waals surface area contributed by atoms with Crippen LogP contribution < -0.4 is 15.0 Å². The second-order valence-corrected chi connectivity index (χ2v) is 7.10. The van der Waals surface area contributed by atoms with E-state index in [-0.39, 0.29) is 22.4 Å². The van der Waals surface area contributed by atoms with Gasteiger partial charge in [-0.25, -0.2) is 4.79 Å². The predicted octanol–water partition coefficient (Wildman–Crippen LogP) is 3.39. The molecule has 2 amide bonds. The zero-order valence-electron chi connectivity index (χ0n) is 16.4. The van der Waals surface area contributed by atoms with E-state index in [1.807, 2.05) is 13.8 Å². The fraction of sp³-hybridized carbons (Fsp3) is 0.182. The summed E-state index contributed by atoms with van der Waals surface area (Å²) in [7, 11) is 0. The van der Waals surface area contributed by atoms with Crippen LogP contribution in [0.5, 0.6) is 5.75 Å². The molecular formula is C22H20N2O5S. The van der Waals surface area contributed by atoms with E-state index < -0.39 is 17.8 Å². The van der Waals surface area contributed by atoms with Crippen molar-refractivity contribution in [3.05, 3.63) is 65.2 Å². The van der Waals surface area contributed by atoms with Crippen LogP contribution in [0.3, 0.4) is 0 Å². The van der Waals surface area contributed by atoms with Crippen LogP contribution in [-0.4, -0.2) is 34.1 Å². The molecule has 0 spiro atoms. The lowest BCUT2D eigenvalue weighted by Crippen LogP contribution is -2.54. The largest absolute Gasteiger partial charge is 0.491 e. The Hall–Kier alpha value is -3.52. The van der Waals surface area contributed by atoms with Gasteiger partial charge in [-0.2, -0.15) is 0 Å². The van der Waals surface area contributed by atoms with Gasteiger partial charge in [-0.15, -0.1) is 0 Å². The SMILES string of the molecule is CC[C@H](C)Oc1ccc(/C=C2\C(=O)NC(=S)N(c3ccc(C(=O)O)cc3)C2=O)cc1.